The first-order valence-electron chi connectivity index (χ1n) is 13.9. The SMILES string of the molecule is C=CC(=O)N1CCN(c2nc(OCCN(C)C)nc3c2CCC(N2CCCc4ccccc42)C3)CC1.CC#N. The van der Waals surface area contributed by atoms with E-state index in [1.54, 1.807) is 6.07 Å². The highest BCUT2D eigenvalue weighted by Crippen LogP contribution is 2.36. The molecule has 0 N–H and O–H groups in total. The van der Waals surface area contributed by atoms with Crippen LogP contribution in [0.4, 0.5) is 11.5 Å². The number of anilines is 2. The molecule has 208 valence electrons. The molecular weight excluding hydrogens is 490 g/mol. The topological polar surface area (TPSA) is 88.8 Å². The van der Waals surface area contributed by atoms with E-state index >= 15 is 0 Å². The Morgan fingerprint density at radius 1 is 1.18 bits per heavy atom. The number of carbonyl (C=O) groups excluding carboxylic acids is 1. The van der Waals surface area contributed by atoms with Gasteiger partial charge >= 0.3 is 6.01 Å². The Labute approximate surface area is 232 Å². The van der Waals surface area contributed by atoms with Gasteiger partial charge in [0.25, 0.3) is 0 Å². The average molecular weight is 532 g/mol. The summed E-state index contributed by atoms with van der Waals surface area (Å²) < 4.78 is 6.05. The van der Waals surface area contributed by atoms with Crippen molar-refractivity contribution < 1.29 is 9.53 Å². The lowest BCUT2D eigenvalue weighted by atomic mass is 9.88. The Bertz CT molecular complexity index is 1180. The van der Waals surface area contributed by atoms with Crippen LogP contribution in [0.1, 0.15) is 36.6 Å². The molecule has 9 nitrogen and oxygen atoms in total. The van der Waals surface area contributed by atoms with Crippen molar-refractivity contribution in [1.29, 1.82) is 5.26 Å². The fraction of sp³-hybridized carbons (Fsp3) is 0.533. The molecule has 5 rings (SSSR count). The van der Waals surface area contributed by atoms with Gasteiger partial charge in [0.15, 0.2) is 0 Å². The van der Waals surface area contributed by atoms with Crippen molar-refractivity contribution in [2.45, 2.75) is 45.1 Å². The van der Waals surface area contributed by atoms with E-state index in [4.69, 9.17) is 20.0 Å². The van der Waals surface area contributed by atoms with Gasteiger partial charge in [-0.25, -0.2) is 0 Å². The zero-order valence-corrected chi connectivity index (χ0v) is 23.6. The minimum Gasteiger partial charge on any atom is -0.462 e. The maximum absolute atomic E-state index is 12.1. The summed E-state index contributed by atoms with van der Waals surface area (Å²) in [5, 5.41) is 7.32. The lowest BCUT2D eigenvalue weighted by molar-refractivity contribution is -0.126. The molecule has 1 amide bonds. The number of ether oxygens (including phenoxy) is 1. The third kappa shape index (κ3) is 6.87. The smallest absolute Gasteiger partial charge is 0.318 e. The maximum Gasteiger partial charge on any atom is 0.318 e. The first-order chi connectivity index (χ1) is 18.9. The number of benzene rings is 1. The molecule has 3 heterocycles. The number of nitriles is 1. The quantitative estimate of drug-likeness (QED) is 0.504. The first kappa shape index (κ1) is 28.4. The Balaban J connectivity index is 0.00000112. The molecule has 1 aromatic heterocycles. The molecule has 1 aromatic carbocycles. The third-order valence-corrected chi connectivity index (χ3v) is 7.63. The van der Waals surface area contributed by atoms with Crippen LogP contribution >= 0.6 is 0 Å². The summed E-state index contributed by atoms with van der Waals surface area (Å²) in [5.74, 6) is 0.986. The highest BCUT2D eigenvalue weighted by Gasteiger charge is 2.32. The second kappa shape index (κ2) is 13.4. The summed E-state index contributed by atoms with van der Waals surface area (Å²) in [5.41, 5.74) is 5.21. The van der Waals surface area contributed by atoms with Crippen LogP contribution in [0, 0.1) is 11.3 Å². The van der Waals surface area contributed by atoms with Crippen molar-refractivity contribution in [1.82, 2.24) is 19.8 Å². The number of carbonyl (C=O) groups is 1. The van der Waals surface area contributed by atoms with Crippen molar-refractivity contribution in [2.24, 2.45) is 0 Å². The molecule has 1 fully saturated rings. The van der Waals surface area contributed by atoms with Crippen molar-refractivity contribution in [3.05, 3.63) is 53.7 Å². The van der Waals surface area contributed by atoms with Gasteiger partial charge in [-0.3, -0.25) is 4.79 Å². The number of aromatic nitrogens is 2. The summed E-state index contributed by atoms with van der Waals surface area (Å²) in [6.07, 6.45) is 6.70. The number of hydrogen-bond donors (Lipinski definition) is 0. The van der Waals surface area contributed by atoms with Gasteiger partial charge < -0.3 is 24.3 Å². The van der Waals surface area contributed by atoms with Gasteiger partial charge in [0, 0.05) is 69.9 Å². The molecule has 1 saturated heterocycles. The minimum absolute atomic E-state index is 0.00303. The van der Waals surface area contributed by atoms with Crippen LogP contribution in [-0.2, 0) is 24.1 Å². The predicted molar refractivity (Wildman–Crippen MR) is 154 cm³/mol. The Kier molecular flexibility index (Phi) is 9.77. The molecule has 1 atom stereocenters. The molecule has 3 aliphatic rings. The molecule has 1 unspecified atom stereocenters. The van der Waals surface area contributed by atoms with Crippen molar-refractivity contribution >= 4 is 17.4 Å². The predicted octanol–water partition coefficient (Wildman–Crippen LogP) is 3.09. The van der Waals surface area contributed by atoms with Crippen LogP contribution in [0.25, 0.3) is 0 Å². The normalized spacial score (nSPS) is 18.3. The standard InChI is InChI=1S/C28H38N6O2.C2H3N/c1-4-26(35)32-14-16-33(17-15-32)27-23-12-11-22(34-13-7-9-21-8-5-6-10-25(21)34)20-24(23)29-28(30-27)36-19-18-31(2)3;1-2-3/h4-6,8,10,22H,1,7,9,11-20H2,2-3H3;1H3. The fourth-order valence-corrected chi connectivity index (χ4v) is 5.68. The number of likely N-dealkylation sites (N-methyl/N-ethyl adjacent to an activating group) is 1. The second-order valence-electron chi connectivity index (χ2n) is 10.5. The van der Waals surface area contributed by atoms with E-state index in [2.05, 4.69) is 45.5 Å². The van der Waals surface area contributed by atoms with Crippen LogP contribution in [0.15, 0.2) is 36.9 Å². The number of piperazine rings is 1. The van der Waals surface area contributed by atoms with Crippen LogP contribution in [-0.4, -0.2) is 91.7 Å². The fourth-order valence-electron chi connectivity index (χ4n) is 5.68. The second-order valence-corrected chi connectivity index (χ2v) is 10.5. The van der Waals surface area contributed by atoms with Crippen molar-refractivity contribution in [3.63, 3.8) is 0 Å². The number of nitrogens with zero attached hydrogens (tertiary/aromatic N) is 7. The van der Waals surface area contributed by atoms with Crippen LogP contribution in [0.2, 0.25) is 0 Å². The monoisotopic (exact) mass is 531 g/mol. The summed E-state index contributed by atoms with van der Waals surface area (Å²) in [7, 11) is 4.07. The molecular formula is C30H41N7O2. The highest BCUT2D eigenvalue weighted by molar-refractivity contribution is 5.87. The van der Waals surface area contributed by atoms with Gasteiger partial charge in [0.2, 0.25) is 5.91 Å². The molecule has 0 saturated carbocycles. The largest absolute Gasteiger partial charge is 0.462 e. The average Bonchev–Trinajstić information content (AvgIpc) is 2.96. The molecule has 2 aliphatic heterocycles. The van der Waals surface area contributed by atoms with E-state index < -0.39 is 0 Å². The Hall–Kier alpha value is -3.64. The zero-order chi connectivity index (χ0) is 27.8. The van der Waals surface area contributed by atoms with Gasteiger partial charge in [0.05, 0.1) is 11.8 Å². The molecule has 2 aromatic rings. The number of hydrogen-bond acceptors (Lipinski definition) is 8. The summed E-state index contributed by atoms with van der Waals surface area (Å²) in [4.78, 5) is 30.8. The number of para-hydroxylation sites is 1. The minimum atomic E-state index is -0.00303. The Morgan fingerprint density at radius 3 is 2.64 bits per heavy atom. The molecule has 0 spiro atoms. The van der Waals surface area contributed by atoms with Gasteiger partial charge in [-0.15, -0.1) is 0 Å². The highest BCUT2D eigenvalue weighted by atomic mass is 16.5. The lowest BCUT2D eigenvalue weighted by Crippen LogP contribution is -2.49. The van der Waals surface area contributed by atoms with E-state index in [1.165, 1.54) is 36.2 Å². The number of rotatable bonds is 7. The molecule has 0 bridgehead atoms. The maximum atomic E-state index is 12.1. The van der Waals surface area contributed by atoms with E-state index in [1.807, 2.05) is 19.0 Å². The summed E-state index contributed by atoms with van der Waals surface area (Å²) in [6.45, 7) is 10.4. The van der Waals surface area contributed by atoms with Crippen molar-refractivity contribution in [3.8, 4) is 12.1 Å². The molecule has 9 heteroatoms. The van der Waals surface area contributed by atoms with E-state index in [-0.39, 0.29) is 5.91 Å². The third-order valence-electron chi connectivity index (χ3n) is 7.63. The first-order valence-corrected chi connectivity index (χ1v) is 13.9. The molecule has 0 radical (unpaired) electrons. The number of aryl methyl sites for hydroxylation is 1. The molecule has 39 heavy (non-hydrogen) atoms. The van der Waals surface area contributed by atoms with E-state index in [0.29, 0.717) is 31.7 Å². The zero-order valence-electron chi connectivity index (χ0n) is 23.6. The van der Waals surface area contributed by atoms with Gasteiger partial charge in [-0.2, -0.15) is 15.2 Å². The summed E-state index contributed by atoms with van der Waals surface area (Å²) >= 11 is 0. The Morgan fingerprint density at radius 2 is 1.92 bits per heavy atom. The lowest BCUT2D eigenvalue weighted by Gasteiger charge is -2.41. The summed E-state index contributed by atoms with van der Waals surface area (Å²) in [6, 6.07) is 11.5. The van der Waals surface area contributed by atoms with Crippen LogP contribution in [0.5, 0.6) is 6.01 Å². The van der Waals surface area contributed by atoms with Gasteiger partial charge in [0.1, 0.15) is 12.4 Å². The van der Waals surface area contributed by atoms with Gasteiger partial charge in [-0.05, 0) is 57.5 Å². The van der Waals surface area contributed by atoms with E-state index in [0.717, 1.165) is 63.4 Å². The van der Waals surface area contributed by atoms with Gasteiger partial charge in [-0.1, -0.05) is 24.8 Å². The van der Waals surface area contributed by atoms with Crippen molar-refractivity contribution in [2.75, 3.05) is 69.8 Å². The number of fused-ring (bicyclic) bond motifs is 2. The number of amides is 1. The molecule has 1 aliphatic carbocycles. The van der Waals surface area contributed by atoms with Crippen LogP contribution < -0.4 is 14.5 Å². The van der Waals surface area contributed by atoms with Crippen LogP contribution in [0.3, 0.4) is 0 Å². The van der Waals surface area contributed by atoms with E-state index in [9.17, 15) is 4.79 Å².